The van der Waals surface area contributed by atoms with Crippen molar-refractivity contribution in [3.8, 4) is 0 Å². The molecule has 0 aliphatic carbocycles. The van der Waals surface area contributed by atoms with Crippen molar-refractivity contribution >= 4 is 28.2 Å². The predicted octanol–water partition coefficient (Wildman–Crippen LogP) is 3.21. The molecule has 2 aromatic carbocycles. The molecule has 0 unspecified atom stereocenters. The molecule has 104 valence electrons. The molecule has 1 amide bonds. The predicted molar refractivity (Wildman–Crippen MR) is 80.5 cm³/mol. The summed E-state index contributed by atoms with van der Waals surface area (Å²) >= 11 is 0. The van der Waals surface area contributed by atoms with Crippen LogP contribution in [0, 0.1) is 5.82 Å². The van der Waals surface area contributed by atoms with E-state index in [-0.39, 0.29) is 11.3 Å². The number of nitrogens with one attached hydrogen (secondary N) is 1. The quantitative estimate of drug-likeness (QED) is 0.709. The van der Waals surface area contributed by atoms with Crippen molar-refractivity contribution in [2.24, 2.45) is 0 Å². The van der Waals surface area contributed by atoms with Crippen molar-refractivity contribution in [1.29, 1.82) is 0 Å². The topological polar surface area (TPSA) is 68.0 Å². The number of amides is 1. The average Bonchev–Trinajstić information content (AvgIpc) is 2.47. The number of benzene rings is 2. The lowest BCUT2D eigenvalue weighted by atomic mass is 10.1. The summed E-state index contributed by atoms with van der Waals surface area (Å²) in [5, 5.41) is 3.56. The number of nitrogens with two attached hydrogens (primary N) is 1. The van der Waals surface area contributed by atoms with Crippen LogP contribution in [0.4, 0.5) is 15.8 Å². The van der Waals surface area contributed by atoms with Gasteiger partial charge in [0.05, 0.1) is 11.1 Å². The third kappa shape index (κ3) is 2.67. The minimum absolute atomic E-state index is 0.0458. The lowest BCUT2D eigenvalue weighted by Crippen LogP contribution is -2.13. The van der Waals surface area contributed by atoms with E-state index in [4.69, 9.17) is 5.73 Å². The van der Waals surface area contributed by atoms with Gasteiger partial charge < -0.3 is 11.1 Å². The van der Waals surface area contributed by atoms with Gasteiger partial charge >= 0.3 is 0 Å². The number of pyridine rings is 1. The van der Waals surface area contributed by atoms with Gasteiger partial charge in [-0.25, -0.2) is 4.39 Å². The summed E-state index contributed by atoms with van der Waals surface area (Å²) in [5.74, 6) is -1.16. The van der Waals surface area contributed by atoms with E-state index < -0.39 is 11.7 Å². The SMILES string of the molecule is Nc1ccc(C(=O)Nc2ccc3ncccc3c2)c(F)c1. The second kappa shape index (κ2) is 5.20. The van der Waals surface area contributed by atoms with Crippen LogP contribution in [0.3, 0.4) is 0 Å². The molecule has 0 saturated heterocycles. The molecular weight excluding hydrogens is 269 g/mol. The third-order valence-corrected chi connectivity index (χ3v) is 3.10. The standard InChI is InChI=1S/C16H12FN3O/c17-14-9-11(18)3-5-13(14)16(21)20-12-4-6-15-10(8-12)2-1-7-19-15/h1-9H,18H2,(H,20,21). The Bertz CT molecular complexity index is 833. The Hall–Kier alpha value is -2.95. The van der Waals surface area contributed by atoms with E-state index in [1.54, 1.807) is 24.4 Å². The van der Waals surface area contributed by atoms with Crippen LogP contribution >= 0.6 is 0 Å². The van der Waals surface area contributed by atoms with Crippen molar-refractivity contribution in [3.05, 3.63) is 66.1 Å². The van der Waals surface area contributed by atoms with Crippen LogP contribution < -0.4 is 11.1 Å². The summed E-state index contributed by atoms with van der Waals surface area (Å²) < 4.78 is 13.7. The first kappa shape index (κ1) is 13.1. The average molecular weight is 281 g/mol. The molecule has 0 aliphatic heterocycles. The molecule has 0 bridgehead atoms. The van der Waals surface area contributed by atoms with E-state index >= 15 is 0 Å². The minimum atomic E-state index is -0.644. The maximum atomic E-state index is 13.7. The number of aromatic nitrogens is 1. The Balaban J connectivity index is 1.89. The maximum Gasteiger partial charge on any atom is 0.258 e. The van der Waals surface area contributed by atoms with E-state index in [1.807, 2.05) is 12.1 Å². The molecule has 0 radical (unpaired) electrons. The number of rotatable bonds is 2. The molecule has 0 atom stereocenters. The van der Waals surface area contributed by atoms with Gasteiger partial charge in [0.25, 0.3) is 5.91 Å². The van der Waals surface area contributed by atoms with Crippen molar-refractivity contribution in [2.45, 2.75) is 0 Å². The highest BCUT2D eigenvalue weighted by molar-refractivity contribution is 6.05. The fraction of sp³-hybridized carbons (Fsp3) is 0. The molecule has 3 rings (SSSR count). The fourth-order valence-corrected chi connectivity index (χ4v) is 2.07. The Morgan fingerprint density at radius 2 is 2.00 bits per heavy atom. The van der Waals surface area contributed by atoms with E-state index in [9.17, 15) is 9.18 Å². The number of nitrogens with zero attached hydrogens (tertiary/aromatic N) is 1. The first-order chi connectivity index (χ1) is 10.1. The zero-order valence-electron chi connectivity index (χ0n) is 11.0. The first-order valence-electron chi connectivity index (χ1n) is 6.34. The lowest BCUT2D eigenvalue weighted by molar-refractivity contribution is 0.102. The molecule has 3 N–H and O–H groups in total. The van der Waals surface area contributed by atoms with Crippen LogP contribution in [0.5, 0.6) is 0 Å². The monoisotopic (exact) mass is 281 g/mol. The number of carbonyl (C=O) groups excluding carboxylic acids is 1. The summed E-state index contributed by atoms with van der Waals surface area (Å²) in [7, 11) is 0. The number of nitrogen functional groups attached to an aromatic ring is 1. The third-order valence-electron chi connectivity index (χ3n) is 3.10. The lowest BCUT2D eigenvalue weighted by Gasteiger charge is -2.07. The maximum absolute atomic E-state index is 13.7. The van der Waals surface area contributed by atoms with Crippen LogP contribution in [-0.2, 0) is 0 Å². The number of carbonyl (C=O) groups is 1. The molecule has 3 aromatic rings. The van der Waals surface area contributed by atoms with Crippen molar-refractivity contribution in [3.63, 3.8) is 0 Å². The number of anilines is 2. The number of halogens is 1. The molecule has 0 saturated carbocycles. The molecule has 21 heavy (non-hydrogen) atoms. The van der Waals surface area contributed by atoms with Gasteiger partial charge in [0.15, 0.2) is 0 Å². The van der Waals surface area contributed by atoms with Gasteiger partial charge in [-0.3, -0.25) is 9.78 Å². The minimum Gasteiger partial charge on any atom is -0.399 e. The summed E-state index contributed by atoms with van der Waals surface area (Å²) in [6.07, 6.45) is 1.70. The van der Waals surface area contributed by atoms with Crippen LogP contribution in [-0.4, -0.2) is 10.9 Å². The molecule has 1 aromatic heterocycles. The van der Waals surface area contributed by atoms with Gasteiger partial charge in [-0.15, -0.1) is 0 Å². The van der Waals surface area contributed by atoms with Crippen LogP contribution in [0.25, 0.3) is 10.9 Å². The zero-order valence-corrected chi connectivity index (χ0v) is 11.0. The van der Waals surface area contributed by atoms with Gasteiger partial charge in [0.2, 0.25) is 0 Å². The van der Waals surface area contributed by atoms with E-state index in [0.717, 1.165) is 17.0 Å². The molecule has 5 heteroatoms. The second-order valence-corrected chi connectivity index (χ2v) is 4.60. The van der Waals surface area contributed by atoms with Gasteiger partial charge in [-0.2, -0.15) is 0 Å². The number of fused-ring (bicyclic) bond motifs is 1. The van der Waals surface area contributed by atoms with E-state index in [1.165, 1.54) is 12.1 Å². The zero-order chi connectivity index (χ0) is 14.8. The number of hydrogen-bond acceptors (Lipinski definition) is 3. The van der Waals surface area contributed by atoms with E-state index in [0.29, 0.717) is 5.69 Å². The Kier molecular flexibility index (Phi) is 3.23. The Morgan fingerprint density at radius 3 is 2.81 bits per heavy atom. The highest BCUT2D eigenvalue weighted by Crippen LogP contribution is 2.19. The molecule has 4 nitrogen and oxygen atoms in total. The fourth-order valence-electron chi connectivity index (χ4n) is 2.07. The smallest absolute Gasteiger partial charge is 0.258 e. The summed E-state index contributed by atoms with van der Waals surface area (Å²) in [4.78, 5) is 16.3. The second-order valence-electron chi connectivity index (χ2n) is 4.60. The first-order valence-corrected chi connectivity index (χ1v) is 6.34. The van der Waals surface area contributed by atoms with Crippen LogP contribution in [0.2, 0.25) is 0 Å². The summed E-state index contributed by atoms with van der Waals surface area (Å²) in [5.41, 5.74) is 7.10. The molecule has 1 heterocycles. The van der Waals surface area contributed by atoms with Gasteiger partial charge in [0, 0.05) is 23.0 Å². The summed E-state index contributed by atoms with van der Waals surface area (Å²) in [6.45, 7) is 0. The van der Waals surface area contributed by atoms with Gasteiger partial charge in [-0.1, -0.05) is 6.07 Å². The Labute approximate surface area is 120 Å². The van der Waals surface area contributed by atoms with Gasteiger partial charge in [-0.05, 0) is 42.5 Å². The van der Waals surface area contributed by atoms with Crippen molar-refractivity contribution in [1.82, 2.24) is 4.98 Å². The van der Waals surface area contributed by atoms with Crippen LogP contribution in [0.15, 0.2) is 54.7 Å². The van der Waals surface area contributed by atoms with E-state index in [2.05, 4.69) is 10.3 Å². The highest BCUT2D eigenvalue weighted by atomic mass is 19.1. The molecule has 0 aliphatic rings. The largest absolute Gasteiger partial charge is 0.399 e. The normalized spacial score (nSPS) is 10.5. The molecule has 0 spiro atoms. The Morgan fingerprint density at radius 1 is 1.14 bits per heavy atom. The van der Waals surface area contributed by atoms with Crippen LogP contribution in [0.1, 0.15) is 10.4 Å². The van der Waals surface area contributed by atoms with Crippen molar-refractivity contribution in [2.75, 3.05) is 11.1 Å². The molecule has 0 fully saturated rings. The number of hydrogen-bond donors (Lipinski definition) is 2. The molecular formula is C16H12FN3O. The van der Waals surface area contributed by atoms with Gasteiger partial charge in [0.1, 0.15) is 5.82 Å². The summed E-state index contributed by atoms with van der Waals surface area (Å²) in [6, 6.07) is 13.0. The highest BCUT2D eigenvalue weighted by Gasteiger charge is 2.12. The van der Waals surface area contributed by atoms with Crippen molar-refractivity contribution < 1.29 is 9.18 Å².